The van der Waals surface area contributed by atoms with Crippen molar-refractivity contribution in [2.24, 2.45) is 5.92 Å². The fraction of sp³-hybridized carbons (Fsp3) is 0.610. The molecule has 2 fully saturated rings. The van der Waals surface area contributed by atoms with Gasteiger partial charge in [0.1, 0.15) is 0 Å². The SMILES string of the molecule is C1CCCCC1.C=C(C)PC.C=C(C)c1ccc(C(C2CCCCC2)C(C)c2cccc(CC)c2)c(C)c1.CCCC. The molecule has 0 radical (unpaired) electrons. The van der Waals surface area contributed by atoms with E-state index in [2.05, 4.69) is 104 Å². The summed E-state index contributed by atoms with van der Waals surface area (Å²) < 4.78 is 0. The summed E-state index contributed by atoms with van der Waals surface area (Å²) in [5.41, 5.74) is 8.39. The summed E-state index contributed by atoms with van der Waals surface area (Å²) in [6, 6.07) is 16.3. The smallest absolute Gasteiger partial charge is 0.00648 e. The third-order valence-electron chi connectivity index (χ3n) is 9.13. The van der Waals surface area contributed by atoms with Crippen LogP contribution in [0, 0.1) is 12.8 Å². The Bertz CT molecular complexity index is 992. The molecule has 0 nitrogen and oxygen atoms in total. The Labute approximate surface area is 265 Å². The van der Waals surface area contributed by atoms with Crippen molar-refractivity contribution >= 4 is 14.2 Å². The molecule has 3 atom stereocenters. The van der Waals surface area contributed by atoms with Gasteiger partial charge in [-0.25, -0.2) is 0 Å². The Balaban J connectivity index is 0.000000480. The minimum atomic E-state index is 0.550. The van der Waals surface area contributed by atoms with Gasteiger partial charge in [-0.2, -0.15) is 0 Å². The highest BCUT2D eigenvalue weighted by molar-refractivity contribution is 7.42. The van der Waals surface area contributed by atoms with Crippen LogP contribution >= 0.6 is 8.58 Å². The zero-order chi connectivity index (χ0) is 31.3. The van der Waals surface area contributed by atoms with E-state index in [9.17, 15) is 0 Å². The van der Waals surface area contributed by atoms with Crippen LogP contribution in [0.4, 0.5) is 0 Å². The van der Waals surface area contributed by atoms with Crippen LogP contribution in [0.2, 0.25) is 0 Å². The van der Waals surface area contributed by atoms with Gasteiger partial charge in [0.25, 0.3) is 0 Å². The highest BCUT2D eigenvalue weighted by atomic mass is 31.1. The summed E-state index contributed by atoms with van der Waals surface area (Å²) in [5, 5.41) is 1.28. The lowest BCUT2D eigenvalue weighted by Gasteiger charge is -2.36. The summed E-state index contributed by atoms with van der Waals surface area (Å²) in [7, 11) is 0.920. The molecule has 3 unspecified atom stereocenters. The largest absolute Gasteiger partial charge is 0.0990 e. The first kappa shape index (κ1) is 38.4. The zero-order valence-corrected chi connectivity index (χ0v) is 30.1. The van der Waals surface area contributed by atoms with E-state index in [0.717, 1.165) is 26.5 Å². The minimum absolute atomic E-state index is 0.550. The molecule has 2 aromatic carbocycles. The van der Waals surface area contributed by atoms with Crippen LogP contribution in [0.3, 0.4) is 0 Å². The third-order valence-corrected chi connectivity index (χ3v) is 9.98. The maximum atomic E-state index is 4.13. The maximum absolute atomic E-state index is 4.13. The molecule has 2 aliphatic rings. The van der Waals surface area contributed by atoms with Crippen LogP contribution in [0.15, 0.2) is 60.9 Å². The number of allylic oxidation sites excluding steroid dienone is 2. The molecule has 4 rings (SSSR count). The fourth-order valence-corrected chi connectivity index (χ4v) is 6.10. The maximum Gasteiger partial charge on any atom is -0.00648 e. The quantitative estimate of drug-likeness (QED) is 0.268. The molecule has 2 aromatic rings. The van der Waals surface area contributed by atoms with Crippen LogP contribution in [0.5, 0.6) is 0 Å². The lowest BCUT2D eigenvalue weighted by atomic mass is 9.68. The first-order chi connectivity index (χ1) is 20.2. The van der Waals surface area contributed by atoms with E-state index < -0.39 is 0 Å². The first-order valence-corrected chi connectivity index (χ1v) is 18.9. The lowest BCUT2D eigenvalue weighted by molar-refractivity contribution is 0.281. The number of rotatable bonds is 8. The molecule has 0 saturated heterocycles. The summed E-state index contributed by atoms with van der Waals surface area (Å²) in [4.78, 5) is 0. The molecule has 2 saturated carbocycles. The van der Waals surface area contributed by atoms with Crippen molar-refractivity contribution in [1.29, 1.82) is 0 Å². The van der Waals surface area contributed by atoms with Gasteiger partial charge in [-0.1, -0.05) is 173 Å². The molecular formula is C41H67P. The summed E-state index contributed by atoms with van der Waals surface area (Å²) >= 11 is 0. The van der Waals surface area contributed by atoms with Crippen molar-refractivity contribution < 1.29 is 0 Å². The number of hydrogen-bond donors (Lipinski definition) is 0. The summed E-state index contributed by atoms with van der Waals surface area (Å²) in [6.45, 7) is 25.5. The van der Waals surface area contributed by atoms with Crippen molar-refractivity contribution in [3.63, 3.8) is 0 Å². The molecule has 42 heavy (non-hydrogen) atoms. The zero-order valence-electron chi connectivity index (χ0n) is 29.1. The van der Waals surface area contributed by atoms with Crippen LogP contribution in [-0.4, -0.2) is 6.66 Å². The molecule has 0 N–H and O–H groups in total. The van der Waals surface area contributed by atoms with E-state index in [0.29, 0.717) is 11.8 Å². The Morgan fingerprint density at radius 2 is 1.33 bits per heavy atom. The molecule has 1 heteroatoms. The van der Waals surface area contributed by atoms with Crippen molar-refractivity contribution in [3.8, 4) is 0 Å². The van der Waals surface area contributed by atoms with E-state index in [1.807, 2.05) is 6.92 Å². The van der Waals surface area contributed by atoms with Crippen molar-refractivity contribution in [1.82, 2.24) is 0 Å². The van der Waals surface area contributed by atoms with Crippen LogP contribution < -0.4 is 0 Å². The van der Waals surface area contributed by atoms with E-state index >= 15 is 0 Å². The van der Waals surface area contributed by atoms with Gasteiger partial charge in [0.15, 0.2) is 0 Å². The number of unbranched alkanes of at least 4 members (excludes halogenated alkanes) is 1. The molecule has 0 spiro atoms. The Morgan fingerprint density at radius 3 is 1.76 bits per heavy atom. The summed E-state index contributed by atoms with van der Waals surface area (Å²) in [5.74, 6) is 1.96. The standard InChI is InChI=1S/C27H36.C6H12.C4H9P.C4H10/c1-6-22-11-10-14-25(18-22)21(5)27(23-12-8-7-9-13-23)26-16-15-24(19(2)3)17-20(26)4;1-2-4-6-5-3-1;1-4(2)5-3;1-3-4-2/h10-11,14-18,21,23,27H,2,6-9,12-13H2,1,3-5H3;1-6H2;5H,1H2,2-3H3;3-4H2,1-2H3. The fourth-order valence-electron chi connectivity index (χ4n) is 6.10. The Hall–Kier alpha value is -1.65. The van der Waals surface area contributed by atoms with E-state index in [1.54, 1.807) is 5.56 Å². The van der Waals surface area contributed by atoms with Gasteiger partial charge >= 0.3 is 0 Å². The molecular weight excluding hydrogens is 523 g/mol. The van der Waals surface area contributed by atoms with Gasteiger partial charge in [-0.3, -0.25) is 0 Å². The number of aryl methyl sites for hydroxylation is 2. The second-order valence-corrected chi connectivity index (χ2v) is 14.2. The molecule has 236 valence electrons. The average Bonchev–Trinajstić information content (AvgIpc) is 3.03. The van der Waals surface area contributed by atoms with Gasteiger partial charge in [-0.15, -0.1) is 0 Å². The van der Waals surface area contributed by atoms with E-state index in [1.165, 1.54) is 111 Å². The Morgan fingerprint density at radius 1 is 0.810 bits per heavy atom. The number of hydrogen-bond acceptors (Lipinski definition) is 0. The third kappa shape index (κ3) is 14.7. The van der Waals surface area contributed by atoms with Gasteiger partial charge in [-0.05, 0) is 92.3 Å². The average molecular weight is 591 g/mol. The van der Waals surface area contributed by atoms with Crippen LogP contribution in [0.1, 0.15) is 165 Å². The van der Waals surface area contributed by atoms with E-state index in [-0.39, 0.29) is 0 Å². The topological polar surface area (TPSA) is 0 Å². The summed E-state index contributed by atoms with van der Waals surface area (Å²) in [6.07, 6.45) is 19.7. The highest BCUT2D eigenvalue weighted by Gasteiger charge is 2.31. The van der Waals surface area contributed by atoms with Crippen molar-refractivity contribution in [3.05, 3.63) is 88.8 Å². The molecule has 0 bridgehead atoms. The van der Waals surface area contributed by atoms with E-state index in [4.69, 9.17) is 0 Å². The predicted octanol–water partition coefficient (Wildman–Crippen LogP) is 14.0. The normalized spacial score (nSPS) is 16.6. The number of benzene rings is 2. The molecule has 0 aliphatic heterocycles. The molecule has 2 aliphatic carbocycles. The van der Waals surface area contributed by atoms with Crippen LogP contribution in [-0.2, 0) is 6.42 Å². The van der Waals surface area contributed by atoms with Crippen LogP contribution in [0.25, 0.3) is 5.57 Å². The Kier molecular flexibility index (Phi) is 20.9. The second kappa shape index (κ2) is 22.8. The van der Waals surface area contributed by atoms with Crippen molar-refractivity contribution in [2.45, 2.75) is 150 Å². The second-order valence-electron chi connectivity index (χ2n) is 12.8. The highest BCUT2D eigenvalue weighted by Crippen LogP contribution is 2.45. The van der Waals surface area contributed by atoms with Gasteiger partial charge in [0.05, 0.1) is 0 Å². The molecule has 0 aromatic heterocycles. The molecule has 0 amide bonds. The predicted molar refractivity (Wildman–Crippen MR) is 197 cm³/mol. The first-order valence-electron chi connectivity index (χ1n) is 17.4. The monoisotopic (exact) mass is 590 g/mol. The van der Waals surface area contributed by atoms with Crippen molar-refractivity contribution in [2.75, 3.05) is 6.66 Å². The van der Waals surface area contributed by atoms with Gasteiger partial charge in [0.2, 0.25) is 0 Å². The minimum Gasteiger partial charge on any atom is -0.0990 e. The molecule has 0 heterocycles. The van der Waals surface area contributed by atoms with Gasteiger partial charge < -0.3 is 0 Å². The van der Waals surface area contributed by atoms with Gasteiger partial charge in [0, 0.05) is 0 Å². The lowest BCUT2D eigenvalue weighted by Crippen LogP contribution is -2.22.